The molecule has 0 radical (unpaired) electrons. The first-order chi connectivity index (χ1) is 11.6. The topological polar surface area (TPSA) is 63.2 Å². The third-order valence-corrected chi connectivity index (χ3v) is 3.75. The number of nitrogens with zero attached hydrogens (tertiary/aromatic N) is 1. The summed E-state index contributed by atoms with van der Waals surface area (Å²) in [6, 6.07) is 7.34. The van der Waals surface area contributed by atoms with Crippen LogP contribution in [-0.2, 0) is 0 Å². The van der Waals surface area contributed by atoms with E-state index in [0.717, 1.165) is 13.0 Å². The van der Waals surface area contributed by atoms with Gasteiger partial charge in [0.1, 0.15) is 17.1 Å². The Labute approximate surface area is 173 Å². The van der Waals surface area contributed by atoms with E-state index >= 15 is 0 Å². The minimum atomic E-state index is -0.382. The van der Waals surface area contributed by atoms with E-state index in [-0.39, 0.29) is 42.4 Å². The number of ether oxygens (including phenoxy) is 1. The van der Waals surface area contributed by atoms with Gasteiger partial charge in [0, 0.05) is 19.3 Å². The second-order valence-electron chi connectivity index (χ2n) is 5.04. The Hall–Kier alpha value is -1.41. The predicted molar refractivity (Wildman–Crippen MR) is 108 cm³/mol. The summed E-state index contributed by atoms with van der Waals surface area (Å²) in [6.07, 6.45) is 2.58. The number of nitrogens with one attached hydrogen (secondary N) is 2. The van der Waals surface area contributed by atoms with Gasteiger partial charge in [-0.15, -0.1) is 24.8 Å². The average Bonchev–Trinajstić information content (AvgIpc) is 2.57. The summed E-state index contributed by atoms with van der Waals surface area (Å²) in [7, 11) is 0. The molecule has 0 unspecified atom stereocenters. The van der Waals surface area contributed by atoms with Crippen molar-refractivity contribution in [2.75, 3.05) is 19.6 Å². The average molecular weight is 469 g/mol. The number of benzene rings is 1. The Bertz CT molecular complexity index is 707. The van der Waals surface area contributed by atoms with E-state index in [1.807, 2.05) is 0 Å². The van der Waals surface area contributed by atoms with Crippen LogP contribution in [-0.4, -0.2) is 30.5 Å². The van der Waals surface area contributed by atoms with Crippen LogP contribution in [0, 0.1) is 5.82 Å². The lowest BCUT2D eigenvalue weighted by molar-refractivity contribution is 0.0951. The summed E-state index contributed by atoms with van der Waals surface area (Å²) >= 11 is 3.23. The van der Waals surface area contributed by atoms with E-state index in [9.17, 15) is 9.18 Å². The number of hydrogen-bond donors (Lipinski definition) is 2. The Morgan fingerprint density at radius 2 is 2.00 bits per heavy atom. The Kier molecular flexibility index (Phi) is 12.2. The molecule has 0 fully saturated rings. The fourth-order valence-corrected chi connectivity index (χ4v) is 2.40. The molecule has 1 amide bonds. The van der Waals surface area contributed by atoms with Gasteiger partial charge in [0.05, 0.1) is 4.47 Å². The van der Waals surface area contributed by atoms with Crippen molar-refractivity contribution in [3.63, 3.8) is 0 Å². The van der Waals surface area contributed by atoms with Gasteiger partial charge < -0.3 is 15.4 Å². The second-order valence-corrected chi connectivity index (χ2v) is 5.89. The van der Waals surface area contributed by atoms with Crippen molar-refractivity contribution in [2.24, 2.45) is 0 Å². The van der Waals surface area contributed by atoms with Crippen LogP contribution in [0.15, 0.2) is 41.0 Å². The number of halogens is 4. The van der Waals surface area contributed by atoms with Gasteiger partial charge in [0.2, 0.25) is 5.88 Å². The van der Waals surface area contributed by atoms with Crippen molar-refractivity contribution in [1.82, 2.24) is 15.6 Å². The first-order valence-electron chi connectivity index (χ1n) is 7.68. The van der Waals surface area contributed by atoms with E-state index in [2.05, 4.69) is 38.5 Å². The monoisotopic (exact) mass is 467 g/mol. The van der Waals surface area contributed by atoms with Crippen molar-refractivity contribution in [3.05, 3.63) is 52.4 Å². The maximum atomic E-state index is 13.2. The first kappa shape index (κ1) is 24.6. The Balaban J connectivity index is 0.00000312. The minimum absolute atomic E-state index is 0. The van der Waals surface area contributed by atoms with E-state index in [1.165, 1.54) is 24.4 Å². The van der Waals surface area contributed by atoms with Crippen molar-refractivity contribution >= 4 is 46.7 Å². The molecule has 144 valence electrons. The smallest absolute Gasteiger partial charge is 0.256 e. The van der Waals surface area contributed by atoms with Crippen LogP contribution in [0.3, 0.4) is 0 Å². The number of aromatic nitrogens is 1. The molecule has 0 saturated heterocycles. The molecule has 0 aliphatic carbocycles. The van der Waals surface area contributed by atoms with E-state index in [1.54, 1.807) is 12.1 Å². The van der Waals surface area contributed by atoms with Crippen molar-refractivity contribution in [1.29, 1.82) is 0 Å². The molecule has 2 N–H and O–H groups in total. The van der Waals surface area contributed by atoms with E-state index < -0.39 is 0 Å². The normalized spacial score (nSPS) is 9.65. The first-order valence-corrected chi connectivity index (χ1v) is 8.48. The zero-order valence-electron chi connectivity index (χ0n) is 14.1. The number of carbonyl (C=O) groups excluding carboxylic acids is 1. The van der Waals surface area contributed by atoms with Crippen molar-refractivity contribution in [3.8, 4) is 11.6 Å². The summed E-state index contributed by atoms with van der Waals surface area (Å²) in [5, 5.41) is 6.02. The highest BCUT2D eigenvalue weighted by Crippen LogP contribution is 2.30. The lowest BCUT2D eigenvalue weighted by Crippen LogP contribution is -2.32. The van der Waals surface area contributed by atoms with Gasteiger partial charge in [-0.2, -0.15) is 0 Å². The number of rotatable bonds is 8. The maximum absolute atomic E-state index is 13.2. The van der Waals surface area contributed by atoms with Crippen LogP contribution in [0.4, 0.5) is 4.39 Å². The third-order valence-electron chi connectivity index (χ3n) is 3.13. The highest BCUT2D eigenvalue weighted by atomic mass is 79.9. The van der Waals surface area contributed by atoms with Crippen molar-refractivity contribution in [2.45, 2.75) is 13.3 Å². The van der Waals surface area contributed by atoms with Gasteiger partial charge in [0.15, 0.2) is 0 Å². The fourth-order valence-electron chi connectivity index (χ4n) is 1.97. The Morgan fingerprint density at radius 1 is 1.23 bits per heavy atom. The standard InChI is InChI=1S/C17H19BrFN3O2.2ClH/c1-2-7-20-9-10-21-16(23)13-4-3-8-22-17(13)24-15-6-5-12(19)11-14(15)18;;/h3-6,8,11,20H,2,7,9-10H2,1H3,(H,21,23);2*1H. The van der Waals surface area contributed by atoms with E-state index in [0.29, 0.717) is 28.9 Å². The van der Waals surface area contributed by atoms with Gasteiger partial charge in [-0.1, -0.05) is 6.92 Å². The second kappa shape index (κ2) is 12.9. The molecule has 0 saturated carbocycles. The largest absolute Gasteiger partial charge is 0.437 e. The lowest BCUT2D eigenvalue weighted by Gasteiger charge is -2.11. The van der Waals surface area contributed by atoms with Gasteiger partial charge in [-0.25, -0.2) is 9.37 Å². The molecule has 5 nitrogen and oxygen atoms in total. The summed E-state index contributed by atoms with van der Waals surface area (Å²) < 4.78 is 19.3. The molecule has 0 aliphatic rings. The van der Waals surface area contributed by atoms with Gasteiger partial charge in [0.25, 0.3) is 5.91 Å². The number of carbonyl (C=O) groups is 1. The van der Waals surface area contributed by atoms with E-state index in [4.69, 9.17) is 4.74 Å². The van der Waals surface area contributed by atoms with Crippen LogP contribution < -0.4 is 15.4 Å². The van der Waals surface area contributed by atoms with Crippen molar-refractivity contribution < 1.29 is 13.9 Å². The molecule has 1 heterocycles. The Morgan fingerprint density at radius 3 is 2.69 bits per heavy atom. The number of pyridine rings is 1. The van der Waals surface area contributed by atoms with Crippen LogP contribution in [0.1, 0.15) is 23.7 Å². The summed E-state index contributed by atoms with van der Waals surface area (Å²) in [6.45, 7) is 4.20. The summed E-state index contributed by atoms with van der Waals surface area (Å²) in [5.74, 6) is -0.0972. The lowest BCUT2D eigenvalue weighted by atomic mass is 10.2. The molecular formula is C17H21BrCl2FN3O2. The molecule has 2 rings (SSSR count). The molecule has 0 atom stereocenters. The third kappa shape index (κ3) is 7.45. The number of amides is 1. The predicted octanol–water partition coefficient (Wildman–Crippen LogP) is 4.35. The van der Waals surface area contributed by atoms with Crippen LogP contribution in [0.2, 0.25) is 0 Å². The highest BCUT2D eigenvalue weighted by Gasteiger charge is 2.15. The van der Waals surface area contributed by atoms with Crippen LogP contribution in [0.5, 0.6) is 11.6 Å². The maximum Gasteiger partial charge on any atom is 0.256 e. The van der Waals surface area contributed by atoms with Gasteiger partial charge >= 0.3 is 0 Å². The fraction of sp³-hybridized carbons (Fsp3) is 0.294. The molecular weight excluding hydrogens is 448 g/mol. The quantitative estimate of drug-likeness (QED) is 0.565. The van der Waals surface area contributed by atoms with Gasteiger partial charge in [-0.3, -0.25) is 4.79 Å². The molecule has 0 bridgehead atoms. The minimum Gasteiger partial charge on any atom is -0.437 e. The molecule has 0 aliphatic heterocycles. The zero-order chi connectivity index (χ0) is 17.4. The molecule has 2 aromatic rings. The molecule has 0 spiro atoms. The SMILES string of the molecule is CCCNCCNC(=O)c1cccnc1Oc1ccc(F)cc1Br.Cl.Cl. The number of hydrogen-bond acceptors (Lipinski definition) is 4. The summed E-state index contributed by atoms with van der Waals surface area (Å²) in [5.41, 5.74) is 0.323. The summed E-state index contributed by atoms with van der Waals surface area (Å²) in [4.78, 5) is 16.4. The highest BCUT2D eigenvalue weighted by molar-refractivity contribution is 9.10. The molecule has 1 aromatic carbocycles. The zero-order valence-corrected chi connectivity index (χ0v) is 17.3. The van der Waals surface area contributed by atoms with Crippen LogP contribution in [0.25, 0.3) is 0 Å². The van der Waals surface area contributed by atoms with Crippen LogP contribution >= 0.6 is 40.7 Å². The van der Waals surface area contributed by atoms with Gasteiger partial charge in [-0.05, 0) is 59.2 Å². The molecule has 9 heteroatoms. The molecule has 1 aromatic heterocycles. The molecule has 26 heavy (non-hydrogen) atoms.